The van der Waals surface area contributed by atoms with Gasteiger partial charge in [0, 0.05) is 5.69 Å². The fraction of sp³-hybridized carbons (Fsp3) is 0.522. The predicted octanol–water partition coefficient (Wildman–Crippen LogP) is 1.76. The van der Waals surface area contributed by atoms with Gasteiger partial charge in [0.05, 0.1) is 24.0 Å². The number of nitrogens with zero attached hydrogens (tertiary/aromatic N) is 1. The van der Waals surface area contributed by atoms with Crippen LogP contribution in [0.15, 0.2) is 24.3 Å². The SMILES string of the molecule is CCOC(=O)c1ccc(NC(=O)COC(=O)[C@H](C)N2C(=O)[C@H]3[C@H]4CC[C@@H](C4)[C@@H]3C2=O)cc1. The number of hydrogen-bond donors (Lipinski definition) is 1. The van der Waals surface area contributed by atoms with E-state index in [9.17, 15) is 24.0 Å². The summed E-state index contributed by atoms with van der Waals surface area (Å²) in [5.41, 5.74) is 0.767. The number of carbonyl (C=O) groups is 5. The molecular weight excluding hydrogens is 416 g/mol. The Balaban J connectivity index is 1.29. The molecule has 9 heteroatoms. The van der Waals surface area contributed by atoms with E-state index in [1.54, 1.807) is 6.92 Å². The number of esters is 2. The molecule has 1 N–H and O–H groups in total. The van der Waals surface area contributed by atoms with E-state index in [0.29, 0.717) is 11.3 Å². The zero-order valence-corrected chi connectivity index (χ0v) is 18.0. The maximum Gasteiger partial charge on any atom is 0.338 e. The van der Waals surface area contributed by atoms with Gasteiger partial charge in [-0.2, -0.15) is 0 Å². The lowest BCUT2D eigenvalue weighted by molar-refractivity contribution is -0.159. The Bertz CT molecular complexity index is 930. The van der Waals surface area contributed by atoms with Crippen molar-refractivity contribution in [2.45, 2.75) is 39.2 Å². The number of likely N-dealkylation sites (tertiary alicyclic amines) is 1. The standard InChI is InChI=1S/C23H26N2O7/c1-3-31-23(30)13-6-8-16(9-7-13)24-17(26)11-32-22(29)12(2)25-20(27)18-14-4-5-15(10-14)19(18)21(25)28/h6-9,12,14-15,18-19H,3-5,10-11H2,1-2H3,(H,24,26)/t12-,14-,15-,18-,19-/m0/s1. The molecular formula is C23H26N2O7. The number of benzene rings is 1. The van der Waals surface area contributed by atoms with Crippen molar-refractivity contribution in [2.75, 3.05) is 18.5 Å². The molecule has 5 atom stereocenters. The van der Waals surface area contributed by atoms with E-state index >= 15 is 0 Å². The van der Waals surface area contributed by atoms with E-state index in [1.165, 1.54) is 31.2 Å². The zero-order valence-electron chi connectivity index (χ0n) is 18.0. The molecule has 2 saturated carbocycles. The second-order valence-corrected chi connectivity index (χ2v) is 8.56. The predicted molar refractivity (Wildman–Crippen MR) is 111 cm³/mol. The van der Waals surface area contributed by atoms with Crippen LogP contribution in [0.4, 0.5) is 5.69 Å². The van der Waals surface area contributed by atoms with Crippen molar-refractivity contribution in [3.63, 3.8) is 0 Å². The van der Waals surface area contributed by atoms with E-state index in [4.69, 9.17) is 9.47 Å². The summed E-state index contributed by atoms with van der Waals surface area (Å²) in [5, 5.41) is 2.56. The minimum absolute atomic E-state index is 0.232. The molecule has 4 rings (SSSR count). The fourth-order valence-corrected chi connectivity index (χ4v) is 5.28. The van der Waals surface area contributed by atoms with Crippen LogP contribution in [0.25, 0.3) is 0 Å². The molecule has 0 aromatic heterocycles. The van der Waals surface area contributed by atoms with Crippen molar-refractivity contribution in [2.24, 2.45) is 23.7 Å². The first-order valence-electron chi connectivity index (χ1n) is 10.9. The van der Waals surface area contributed by atoms with Crippen molar-refractivity contribution in [1.29, 1.82) is 0 Å². The second kappa shape index (κ2) is 8.72. The van der Waals surface area contributed by atoms with Crippen molar-refractivity contribution in [3.8, 4) is 0 Å². The lowest BCUT2D eigenvalue weighted by Crippen LogP contribution is -2.45. The summed E-state index contributed by atoms with van der Waals surface area (Å²) >= 11 is 0. The topological polar surface area (TPSA) is 119 Å². The molecule has 170 valence electrons. The summed E-state index contributed by atoms with van der Waals surface area (Å²) in [6.45, 7) is 2.86. The number of hydrogen-bond acceptors (Lipinski definition) is 7. The van der Waals surface area contributed by atoms with Gasteiger partial charge >= 0.3 is 11.9 Å². The minimum atomic E-state index is -1.07. The first-order chi connectivity index (χ1) is 15.3. The molecule has 3 fully saturated rings. The fourth-order valence-electron chi connectivity index (χ4n) is 5.28. The van der Waals surface area contributed by atoms with Crippen LogP contribution in [0.5, 0.6) is 0 Å². The minimum Gasteiger partial charge on any atom is -0.462 e. The van der Waals surface area contributed by atoms with E-state index in [1.807, 2.05) is 0 Å². The number of amides is 3. The Morgan fingerprint density at radius 1 is 1.03 bits per heavy atom. The number of rotatable bonds is 7. The van der Waals surface area contributed by atoms with Gasteiger partial charge in [-0.05, 0) is 69.2 Å². The molecule has 32 heavy (non-hydrogen) atoms. The Hall–Kier alpha value is -3.23. The third-order valence-electron chi connectivity index (χ3n) is 6.72. The van der Waals surface area contributed by atoms with Crippen LogP contribution in [-0.2, 0) is 28.7 Å². The van der Waals surface area contributed by atoms with Gasteiger partial charge in [-0.15, -0.1) is 0 Å². The number of anilines is 1. The van der Waals surface area contributed by atoms with Gasteiger partial charge in [-0.3, -0.25) is 19.3 Å². The summed E-state index contributed by atoms with van der Waals surface area (Å²) in [6, 6.07) is 5.01. The average molecular weight is 442 g/mol. The van der Waals surface area contributed by atoms with Crippen molar-refractivity contribution in [3.05, 3.63) is 29.8 Å². The van der Waals surface area contributed by atoms with Crippen LogP contribution < -0.4 is 5.32 Å². The number of carbonyl (C=O) groups excluding carboxylic acids is 5. The monoisotopic (exact) mass is 442 g/mol. The molecule has 1 aromatic carbocycles. The smallest absolute Gasteiger partial charge is 0.338 e. The Morgan fingerprint density at radius 3 is 2.19 bits per heavy atom. The summed E-state index contributed by atoms with van der Waals surface area (Å²) in [4.78, 5) is 62.9. The quantitative estimate of drug-likeness (QED) is 0.505. The number of imide groups is 1. The molecule has 1 aliphatic heterocycles. The highest BCUT2D eigenvalue weighted by Crippen LogP contribution is 2.56. The summed E-state index contributed by atoms with van der Waals surface area (Å²) in [6.07, 6.45) is 2.83. The summed E-state index contributed by atoms with van der Waals surface area (Å²) in [7, 11) is 0. The highest BCUT2D eigenvalue weighted by atomic mass is 16.5. The van der Waals surface area contributed by atoms with Gasteiger partial charge in [0.25, 0.3) is 5.91 Å². The molecule has 2 bridgehead atoms. The van der Waals surface area contributed by atoms with Gasteiger partial charge in [0.1, 0.15) is 6.04 Å². The maximum absolute atomic E-state index is 12.8. The number of fused-ring (bicyclic) bond motifs is 5. The first-order valence-corrected chi connectivity index (χ1v) is 10.9. The third kappa shape index (κ3) is 3.87. The molecule has 3 aliphatic rings. The highest BCUT2D eigenvalue weighted by molar-refractivity contribution is 6.08. The van der Waals surface area contributed by atoms with E-state index in [2.05, 4.69) is 5.32 Å². The highest BCUT2D eigenvalue weighted by Gasteiger charge is 2.62. The van der Waals surface area contributed by atoms with Crippen LogP contribution >= 0.6 is 0 Å². The van der Waals surface area contributed by atoms with Gasteiger partial charge in [-0.1, -0.05) is 0 Å². The van der Waals surface area contributed by atoms with Crippen molar-refractivity contribution in [1.82, 2.24) is 4.90 Å². The molecule has 2 aliphatic carbocycles. The lowest BCUT2D eigenvalue weighted by atomic mass is 9.81. The van der Waals surface area contributed by atoms with E-state index < -0.39 is 30.5 Å². The summed E-state index contributed by atoms with van der Waals surface area (Å²) < 4.78 is 9.96. The maximum atomic E-state index is 12.8. The van der Waals surface area contributed by atoms with Crippen LogP contribution in [-0.4, -0.2) is 53.8 Å². The first kappa shape index (κ1) is 22.0. The lowest BCUT2D eigenvalue weighted by Gasteiger charge is -2.23. The third-order valence-corrected chi connectivity index (χ3v) is 6.72. The van der Waals surface area contributed by atoms with Gasteiger partial charge in [0.15, 0.2) is 6.61 Å². The Morgan fingerprint density at radius 2 is 1.62 bits per heavy atom. The largest absolute Gasteiger partial charge is 0.462 e. The van der Waals surface area contributed by atoms with Crippen LogP contribution in [0.2, 0.25) is 0 Å². The Labute approximate surface area is 185 Å². The van der Waals surface area contributed by atoms with Crippen molar-refractivity contribution < 1.29 is 33.4 Å². The van der Waals surface area contributed by atoms with Crippen molar-refractivity contribution >= 4 is 35.3 Å². The Kier molecular flexibility index (Phi) is 5.99. The molecule has 9 nitrogen and oxygen atoms in total. The molecule has 3 amide bonds. The van der Waals surface area contributed by atoms with E-state index in [-0.39, 0.29) is 42.1 Å². The molecule has 1 saturated heterocycles. The normalized spacial score (nSPS) is 26.6. The average Bonchev–Trinajstić information content (AvgIpc) is 3.46. The van der Waals surface area contributed by atoms with E-state index in [0.717, 1.165) is 24.2 Å². The molecule has 0 spiro atoms. The van der Waals surface area contributed by atoms with Gasteiger partial charge < -0.3 is 14.8 Å². The summed E-state index contributed by atoms with van der Waals surface area (Å²) in [5.74, 6) is -2.57. The molecule has 1 heterocycles. The molecule has 0 radical (unpaired) electrons. The van der Waals surface area contributed by atoms with Crippen LogP contribution in [0.1, 0.15) is 43.5 Å². The van der Waals surface area contributed by atoms with Crippen LogP contribution in [0, 0.1) is 23.7 Å². The zero-order chi connectivity index (χ0) is 23.0. The van der Waals surface area contributed by atoms with Gasteiger partial charge in [0.2, 0.25) is 11.8 Å². The molecule has 0 unspecified atom stereocenters. The van der Waals surface area contributed by atoms with Crippen LogP contribution in [0.3, 0.4) is 0 Å². The number of ether oxygens (including phenoxy) is 2. The van der Waals surface area contributed by atoms with Gasteiger partial charge in [-0.25, -0.2) is 9.59 Å². The second-order valence-electron chi connectivity index (χ2n) is 8.56. The number of nitrogens with one attached hydrogen (secondary N) is 1. The molecule has 1 aromatic rings.